The summed E-state index contributed by atoms with van der Waals surface area (Å²) in [5, 5.41) is 6.79. The molecule has 3 atom stereocenters. The van der Waals surface area contributed by atoms with Crippen LogP contribution in [0.15, 0.2) is 17.2 Å². The number of hydrogen-bond donors (Lipinski definition) is 0. The van der Waals surface area contributed by atoms with E-state index in [1.165, 1.54) is 0 Å². The van der Waals surface area contributed by atoms with Crippen LogP contribution in [0.1, 0.15) is 17.5 Å². The van der Waals surface area contributed by atoms with Crippen LogP contribution in [0.25, 0.3) is 4.85 Å². The second kappa shape index (κ2) is 7.06. The van der Waals surface area contributed by atoms with E-state index in [1.54, 1.807) is 18.2 Å². The van der Waals surface area contributed by atoms with Crippen molar-refractivity contribution in [3.8, 4) is 0 Å². The molecule has 7 heteroatoms. The Morgan fingerprint density at radius 1 is 1.46 bits per heavy atom. The molecule has 0 radical (unpaired) electrons. The molecule has 128 valence electrons. The normalized spacial score (nSPS) is 25.5. The van der Waals surface area contributed by atoms with Gasteiger partial charge in [0.2, 0.25) is 5.69 Å². The first-order valence-corrected chi connectivity index (χ1v) is 8.21. The first kappa shape index (κ1) is 17.2. The van der Waals surface area contributed by atoms with E-state index in [1.807, 2.05) is 13.0 Å². The Hall–Kier alpha value is -1.68. The first-order valence-electron chi connectivity index (χ1n) is 7.83. The third-order valence-corrected chi connectivity index (χ3v) is 4.94. The maximum Gasteiger partial charge on any atom is 0.205 e. The van der Waals surface area contributed by atoms with E-state index in [-0.39, 0.29) is 18.7 Å². The average Bonchev–Trinajstić information content (AvgIpc) is 3.07. The minimum absolute atomic E-state index is 0.106. The van der Waals surface area contributed by atoms with Crippen molar-refractivity contribution >= 4 is 23.0 Å². The number of fused-ring (bicyclic) bond motifs is 1. The SMILES string of the molecule is [C-]#[N+]c1ccc(C2=NN3C[C@@H](F)C[C@H]3[C@@H]2OCCOC)c(C)c1Cl. The van der Waals surface area contributed by atoms with Gasteiger partial charge in [0.1, 0.15) is 12.3 Å². The van der Waals surface area contributed by atoms with Crippen LogP contribution in [-0.2, 0) is 9.47 Å². The van der Waals surface area contributed by atoms with Crippen molar-refractivity contribution in [1.29, 1.82) is 0 Å². The summed E-state index contributed by atoms with van der Waals surface area (Å²) in [6, 6.07) is 3.42. The molecular weight excluding hydrogens is 333 g/mol. The van der Waals surface area contributed by atoms with Crippen molar-refractivity contribution in [2.24, 2.45) is 5.10 Å². The van der Waals surface area contributed by atoms with Crippen molar-refractivity contribution in [1.82, 2.24) is 5.01 Å². The van der Waals surface area contributed by atoms with E-state index in [4.69, 9.17) is 27.6 Å². The van der Waals surface area contributed by atoms with Gasteiger partial charge in [-0.25, -0.2) is 9.24 Å². The second-order valence-electron chi connectivity index (χ2n) is 5.97. The Kier molecular flexibility index (Phi) is 5.04. The second-order valence-corrected chi connectivity index (χ2v) is 6.35. The van der Waals surface area contributed by atoms with E-state index in [2.05, 4.69) is 9.95 Å². The Bertz CT molecular complexity index is 704. The maximum atomic E-state index is 13.7. The van der Waals surface area contributed by atoms with Gasteiger partial charge in [0.25, 0.3) is 0 Å². The number of alkyl halides is 1. The van der Waals surface area contributed by atoms with Crippen LogP contribution in [0.3, 0.4) is 0 Å². The molecule has 2 aliphatic heterocycles. The molecule has 2 heterocycles. The summed E-state index contributed by atoms with van der Waals surface area (Å²) in [5.74, 6) is 0. The van der Waals surface area contributed by atoms with Crippen molar-refractivity contribution in [3.63, 3.8) is 0 Å². The van der Waals surface area contributed by atoms with Crippen LogP contribution in [0, 0.1) is 13.5 Å². The smallest absolute Gasteiger partial charge is 0.205 e. The number of nitrogens with zero attached hydrogens (tertiary/aromatic N) is 3. The van der Waals surface area contributed by atoms with Crippen LogP contribution in [0.2, 0.25) is 5.02 Å². The number of benzene rings is 1. The lowest BCUT2D eigenvalue weighted by Crippen LogP contribution is -2.36. The average molecular weight is 352 g/mol. The number of ether oxygens (including phenoxy) is 2. The van der Waals surface area contributed by atoms with Gasteiger partial charge in [0, 0.05) is 19.1 Å². The number of hydrazone groups is 1. The molecule has 0 unspecified atom stereocenters. The Morgan fingerprint density at radius 3 is 2.96 bits per heavy atom. The molecule has 5 nitrogen and oxygen atoms in total. The molecule has 1 saturated heterocycles. The van der Waals surface area contributed by atoms with Crippen LogP contribution in [0.5, 0.6) is 0 Å². The van der Waals surface area contributed by atoms with Crippen molar-refractivity contribution in [2.75, 3.05) is 26.9 Å². The fraction of sp³-hybridized carbons (Fsp3) is 0.529. The summed E-state index contributed by atoms with van der Waals surface area (Å²) in [7, 11) is 1.61. The molecular formula is C17H19ClFN3O2. The molecule has 0 aromatic heterocycles. The summed E-state index contributed by atoms with van der Waals surface area (Å²) >= 11 is 6.29. The number of methoxy groups -OCH3 is 1. The van der Waals surface area contributed by atoms with E-state index in [0.29, 0.717) is 30.3 Å². The Labute approximate surface area is 145 Å². The van der Waals surface area contributed by atoms with E-state index >= 15 is 0 Å². The van der Waals surface area contributed by atoms with Crippen molar-refractivity contribution < 1.29 is 13.9 Å². The van der Waals surface area contributed by atoms with Crippen molar-refractivity contribution in [3.05, 3.63) is 39.7 Å². The third kappa shape index (κ3) is 3.00. The molecule has 0 N–H and O–H groups in total. The van der Waals surface area contributed by atoms with Gasteiger partial charge in [-0.15, -0.1) is 0 Å². The lowest BCUT2D eigenvalue weighted by atomic mass is 9.95. The molecule has 2 aliphatic rings. The molecule has 1 aromatic carbocycles. The van der Waals surface area contributed by atoms with E-state index in [0.717, 1.165) is 16.8 Å². The maximum absolute atomic E-state index is 13.7. The lowest BCUT2D eigenvalue weighted by molar-refractivity contribution is 0.0235. The fourth-order valence-electron chi connectivity index (χ4n) is 3.26. The van der Waals surface area contributed by atoms with Gasteiger partial charge in [-0.05, 0) is 12.5 Å². The lowest BCUT2D eigenvalue weighted by Gasteiger charge is -2.22. The molecule has 0 saturated carbocycles. The summed E-state index contributed by atoms with van der Waals surface area (Å²) < 4.78 is 24.7. The van der Waals surface area contributed by atoms with Gasteiger partial charge in [0.15, 0.2) is 0 Å². The van der Waals surface area contributed by atoms with Gasteiger partial charge in [-0.2, -0.15) is 5.10 Å². The molecule has 0 spiro atoms. The Morgan fingerprint density at radius 2 is 2.25 bits per heavy atom. The van der Waals surface area contributed by atoms with Gasteiger partial charge in [-0.1, -0.05) is 23.7 Å². The van der Waals surface area contributed by atoms with Crippen molar-refractivity contribution in [2.45, 2.75) is 31.7 Å². The quantitative estimate of drug-likeness (QED) is 0.603. The summed E-state index contributed by atoms with van der Waals surface area (Å²) in [6.45, 7) is 10.2. The molecule has 24 heavy (non-hydrogen) atoms. The van der Waals surface area contributed by atoms with E-state index in [9.17, 15) is 4.39 Å². The molecule has 1 aromatic rings. The number of hydrogen-bond acceptors (Lipinski definition) is 4. The minimum Gasteiger partial charge on any atom is -0.382 e. The van der Waals surface area contributed by atoms with Gasteiger partial charge >= 0.3 is 0 Å². The molecule has 1 fully saturated rings. The zero-order valence-corrected chi connectivity index (χ0v) is 14.4. The molecule has 0 amide bonds. The highest BCUT2D eigenvalue weighted by atomic mass is 35.5. The summed E-state index contributed by atoms with van der Waals surface area (Å²) in [6.07, 6.45) is -0.810. The van der Waals surface area contributed by atoms with Crippen LogP contribution >= 0.6 is 11.6 Å². The predicted octanol–water partition coefficient (Wildman–Crippen LogP) is 3.36. The number of halogens is 2. The van der Waals surface area contributed by atoms with Crippen LogP contribution < -0.4 is 0 Å². The highest BCUT2D eigenvalue weighted by Gasteiger charge is 2.45. The zero-order valence-electron chi connectivity index (χ0n) is 13.6. The predicted molar refractivity (Wildman–Crippen MR) is 90.6 cm³/mol. The fourth-order valence-corrected chi connectivity index (χ4v) is 3.47. The monoisotopic (exact) mass is 351 g/mol. The Balaban J connectivity index is 1.94. The third-order valence-electron chi connectivity index (χ3n) is 4.47. The largest absolute Gasteiger partial charge is 0.382 e. The van der Waals surface area contributed by atoms with Gasteiger partial charge in [-0.3, -0.25) is 5.01 Å². The van der Waals surface area contributed by atoms with Gasteiger partial charge in [0.05, 0.1) is 43.1 Å². The zero-order chi connectivity index (χ0) is 17.3. The molecule has 3 rings (SSSR count). The first-order chi connectivity index (χ1) is 11.6. The van der Waals surface area contributed by atoms with Crippen LogP contribution in [0.4, 0.5) is 10.1 Å². The molecule has 0 bridgehead atoms. The highest BCUT2D eigenvalue weighted by Crippen LogP contribution is 2.36. The summed E-state index contributed by atoms with van der Waals surface area (Å²) in [5.41, 5.74) is 2.80. The molecule has 0 aliphatic carbocycles. The number of rotatable bonds is 5. The highest BCUT2D eigenvalue weighted by molar-refractivity contribution is 6.34. The summed E-state index contributed by atoms with van der Waals surface area (Å²) in [4.78, 5) is 3.42. The standard InChI is InChI=1S/C17H19ClFN3O2/c1-10-12(4-5-13(20-2)15(10)18)16-17(24-7-6-23-3)14-8-11(19)9-22(14)21-16/h4-5,11,14,17H,6-9H2,1,3H3/t11-,14-,17-/m0/s1. The van der Waals surface area contributed by atoms with Gasteiger partial charge < -0.3 is 9.47 Å². The van der Waals surface area contributed by atoms with Crippen LogP contribution in [-0.4, -0.2) is 55.9 Å². The van der Waals surface area contributed by atoms with E-state index < -0.39 is 6.17 Å². The minimum atomic E-state index is -0.886. The topological polar surface area (TPSA) is 38.4 Å².